The summed E-state index contributed by atoms with van der Waals surface area (Å²) in [4.78, 5) is 8.23. The maximum absolute atomic E-state index is 5.98. The Balaban J connectivity index is 2.80. The third kappa shape index (κ3) is 3.14. The van der Waals surface area contributed by atoms with Crippen LogP contribution in [-0.2, 0) is 6.42 Å². The van der Waals surface area contributed by atoms with Crippen LogP contribution in [-0.4, -0.2) is 15.7 Å². The molecule has 1 rings (SSSR count). The molecule has 1 heterocycles. The van der Waals surface area contributed by atoms with Crippen molar-refractivity contribution >= 4 is 23.4 Å². The summed E-state index contributed by atoms with van der Waals surface area (Å²) in [6.07, 6.45) is 2.42. The molecule has 1 aromatic heterocycles. The third-order valence-electron chi connectivity index (χ3n) is 1.76. The molecular formula is C10H15ClN2S. The van der Waals surface area contributed by atoms with Crippen molar-refractivity contribution in [2.45, 2.75) is 32.2 Å². The first kappa shape index (κ1) is 11.8. The van der Waals surface area contributed by atoms with Gasteiger partial charge in [-0.05, 0) is 12.3 Å². The first-order valence-electron chi connectivity index (χ1n) is 4.77. The van der Waals surface area contributed by atoms with Crippen molar-refractivity contribution in [1.29, 1.82) is 0 Å². The van der Waals surface area contributed by atoms with Crippen LogP contribution in [0.25, 0.3) is 0 Å². The van der Waals surface area contributed by atoms with Crippen LogP contribution in [0.15, 0.2) is 11.4 Å². The summed E-state index contributed by atoms with van der Waals surface area (Å²) in [5.74, 6) is 1.74. The molecule has 0 spiro atoms. The van der Waals surface area contributed by atoms with E-state index in [0.29, 0.717) is 11.1 Å². The molecule has 0 saturated heterocycles. The van der Waals surface area contributed by atoms with Crippen LogP contribution in [0.1, 0.15) is 26.3 Å². The predicted molar refractivity (Wildman–Crippen MR) is 62.0 cm³/mol. The molecule has 1 aromatic rings. The molecule has 0 atom stereocenters. The molecule has 78 valence electrons. The van der Waals surface area contributed by atoms with Gasteiger partial charge in [-0.2, -0.15) is 0 Å². The molecule has 0 aliphatic heterocycles. The monoisotopic (exact) mass is 230 g/mol. The fourth-order valence-corrected chi connectivity index (χ4v) is 2.39. The van der Waals surface area contributed by atoms with Gasteiger partial charge in [-0.3, -0.25) is 0 Å². The second-order valence-corrected chi connectivity index (χ2v) is 4.87. The van der Waals surface area contributed by atoms with Gasteiger partial charge in [-0.1, -0.05) is 32.4 Å². The standard InChI is InChI=1S/C10H15ClN2S/c1-4-8-9(11)12-6-13-10(8)14-5-7(2)3/h6-7H,4-5H2,1-3H3. The van der Waals surface area contributed by atoms with Crippen molar-refractivity contribution in [3.8, 4) is 0 Å². The highest BCUT2D eigenvalue weighted by Crippen LogP contribution is 2.26. The molecule has 0 bridgehead atoms. The molecule has 0 aliphatic rings. The van der Waals surface area contributed by atoms with Gasteiger partial charge in [0.25, 0.3) is 0 Å². The van der Waals surface area contributed by atoms with E-state index in [-0.39, 0.29) is 0 Å². The molecule has 0 aliphatic carbocycles. The van der Waals surface area contributed by atoms with E-state index in [1.54, 1.807) is 11.8 Å². The Hall–Kier alpha value is -0.280. The van der Waals surface area contributed by atoms with E-state index in [4.69, 9.17) is 11.6 Å². The molecule has 0 fully saturated rings. The van der Waals surface area contributed by atoms with Crippen LogP contribution >= 0.6 is 23.4 Å². The minimum absolute atomic E-state index is 0.591. The average molecular weight is 231 g/mol. The van der Waals surface area contributed by atoms with E-state index >= 15 is 0 Å². The lowest BCUT2D eigenvalue weighted by Gasteiger charge is -2.08. The molecule has 14 heavy (non-hydrogen) atoms. The predicted octanol–water partition coefficient (Wildman–Crippen LogP) is 3.44. The van der Waals surface area contributed by atoms with E-state index in [9.17, 15) is 0 Å². The summed E-state index contributed by atoms with van der Waals surface area (Å²) in [6.45, 7) is 6.47. The number of hydrogen-bond acceptors (Lipinski definition) is 3. The summed E-state index contributed by atoms with van der Waals surface area (Å²) in [5.41, 5.74) is 1.07. The van der Waals surface area contributed by atoms with Crippen LogP contribution in [0.5, 0.6) is 0 Å². The molecular weight excluding hydrogens is 216 g/mol. The van der Waals surface area contributed by atoms with Gasteiger partial charge in [-0.15, -0.1) is 11.8 Å². The van der Waals surface area contributed by atoms with Crippen molar-refractivity contribution < 1.29 is 0 Å². The van der Waals surface area contributed by atoms with Crippen LogP contribution in [0.4, 0.5) is 0 Å². The summed E-state index contributed by atoms with van der Waals surface area (Å²) < 4.78 is 0. The summed E-state index contributed by atoms with van der Waals surface area (Å²) in [6, 6.07) is 0. The molecule has 0 saturated carbocycles. The molecule has 0 amide bonds. The number of rotatable bonds is 4. The van der Waals surface area contributed by atoms with Gasteiger partial charge in [0, 0.05) is 11.3 Å². The Labute approximate surface area is 94.5 Å². The van der Waals surface area contributed by atoms with Crippen molar-refractivity contribution in [3.05, 3.63) is 17.0 Å². The highest BCUT2D eigenvalue weighted by molar-refractivity contribution is 7.99. The smallest absolute Gasteiger partial charge is 0.136 e. The van der Waals surface area contributed by atoms with E-state index in [1.807, 2.05) is 0 Å². The highest BCUT2D eigenvalue weighted by Gasteiger charge is 2.08. The zero-order valence-electron chi connectivity index (χ0n) is 8.75. The van der Waals surface area contributed by atoms with Crippen molar-refractivity contribution in [1.82, 2.24) is 9.97 Å². The Kier molecular flexibility index (Phi) is 4.69. The Morgan fingerprint density at radius 2 is 2.14 bits per heavy atom. The summed E-state index contributed by atoms with van der Waals surface area (Å²) >= 11 is 7.74. The van der Waals surface area contributed by atoms with Gasteiger partial charge in [0.1, 0.15) is 16.5 Å². The molecule has 0 radical (unpaired) electrons. The van der Waals surface area contributed by atoms with E-state index < -0.39 is 0 Å². The number of halogens is 1. The second kappa shape index (κ2) is 5.56. The van der Waals surface area contributed by atoms with Gasteiger partial charge in [0.2, 0.25) is 0 Å². The van der Waals surface area contributed by atoms with Gasteiger partial charge < -0.3 is 0 Å². The fraction of sp³-hybridized carbons (Fsp3) is 0.600. The first-order valence-corrected chi connectivity index (χ1v) is 6.13. The molecule has 2 nitrogen and oxygen atoms in total. The van der Waals surface area contributed by atoms with E-state index in [1.165, 1.54) is 6.33 Å². The van der Waals surface area contributed by atoms with Crippen molar-refractivity contribution in [2.24, 2.45) is 5.92 Å². The zero-order chi connectivity index (χ0) is 10.6. The number of aromatic nitrogens is 2. The average Bonchev–Trinajstić information content (AvgIpc) is 2.14. The number of nitrogens with zero attached hydrogens (tertiary/aromatic N) is 2. The van der Waals surface area contributed by atoms with E-state index in [0.717, 1.165) is 22.8 Å². The maximum Gasteiger partial charge on any atom is 0.136 e. The minimum Gasteiger partial charge on any atom is -0.230 e. The number of thioether (sulfide) groups is 1. The van der Waals surface area contributed by atoms with Gasteiger partial charge in [-0.25, -0.2) is 9.97 Å². The highest BCUT2D eigenvalue weighted by atomic mass is 35.5. The van der Waals surface area contributed by atoms with Crippen LogP contribution in [0.3, 0.4) is 0 Å². The van der Waals surface area contributed by atoms with Crippen LogP contribution in [0, 0.1) is 5.92 Å². The van der Waals surface area contributed by atoms with Gasteiger partial charge in [0.15, 0.2) is 0 Å². The topological polar surface area (TPSA) is 25.8 Å². The van der Waals surface area contributed by atoms with Gasteiger partial charge >= 0.3 is 0 Å². The molecule has 0 N–H and O–H groups in total. The quantitative estimate of drug-likeness (QED) is 0.586. The molecule has 0 aromatic carbocycles. The molecule has 4 heteroatoms. The Morgan fingerprint density at radius 3 is 2.71 bits per heavy atom. The minimum atomic E-state index is 0.591. The lowest BCUT2D eigenvalue weighted by atomic mass is 10.3. The number of hydrogen-bond donors (Lipinski definition) is 0. The van der Waals surface area contributed by atoms with Crippen LogP contribution in [0.2, 0.25) is 5.15 Å². The van der Waals surface area contributed by atoms with E-state index in [2.05, 4.69) is 30.7 Å². The fourth-order valence-electron chi connectivity index (χ4n) is 1.04. The molecule has 0 unspecified atom stereocenters. The normalized spacial score (nSPS) is 10.9. The zero-order valence-corrected chi connectivity index (χ0v) is 10.3. The largest absolute Gasteiger partial charge is 0.230 e. The Morgan fingerprint density at radius 1 is 1.43 bits per heavy atom. The van der Waals surface area contributed by atoms with Gasteiger partial charge in [0.05, 0.1) is 0 Å². The Bertz CT molecular complexity index is 302. The second-order valence-electron chi connectivity index (χ2n) is 3.51. The SMILES string of the molecule is CCc1c(Cl)ncnc1SCC(C)C. The lowest BCUT2D eigenvalue weighted by Crippen LogP contribution is -1.97. The summed E-state index contributed by atoms with van der Waals surface area (Å²) in [7, 11) is 0. The summed E-state index contributed by atoms with van der Waals surface area (Å²) in [5, 5.41) is 1.62. The lowest BCUT2D eigenvalue weighted by molar-refractivity contribution is 0.748. The third-order valence-corrected chi connectivity index (χ3v) is 3.54. The van der Waals surface area contributed by atoms with Crippen molar-refractivity contribution in [2.75, 3.05) is 5.75 Å². The maximum atomic E-state index is 5.98. The van der Waals surface area contributed by atoms with Crippen LogP contribution < -0.4 is 0 Å². The first-order chi connectivity index (χ1) is 6.65. The van der Waals surface area contributed by atoms with Crippen molar-refractivity contribution in [3.63, 3.8) is 0 Å².